The fraction of sp³-hybridized carbons (Fsp3) is 0.200. The summed E-state index contributed by atoms with van der Waals surface area (Å²) in [4.78, 5) is 0. The number of rotatable bonds is 5. The number of benzene rings is 2. The van der Waals surface area contributed by atoms with Gasteiger partial charge in [0.15, 0.2) is 0 Å². The number of ether oxygens (including phenoxy) is 1. The van der Waals surface area contributed by atoms with Crippen LogP contribution < -0.4 is 10.5 Å². The highest BCUT2D eigenvalue weighted by atomic mass is 79.9. The van der Waals surface area contributed by atoms with Gasteiger partial charge in [-0.05, 0) is 60.5 Å². The summed E-state index contributed by atoms with van der Waals surface area (Å²) in [5, 5.41) is 0.648. The van der Waals surface area contributed by atoms with Crippen molar-refractivity contribution >= 4 is 27.5 Å². The van der Waals surface area contributed by atoms with E-state index in [2.05, 4.69) is 15.9 Å². The zero-order valence-corrected chi connectivity index (χ0v) is 13.0. The fourth-order valence-corrected chi connectivity index (χ4v) is 2.60. The lowest BCUT2D eigenvalue weighted by molar-refractivity contribution is 0.302. The van der Waals surface area contributed by atoms with E-state index in [1.807, 2.05) is 18.2 Å². The third kappa shape index (κ3) is 4.20. The number of nitrogens with two attached hydrogens (primary N) is 1. The lowest BCUT2D eigenvalue weighted by atomic mass is 10.1. The topological polar surface area (TPSA) is 35.2 Å². The maximum Gasteiger partial charge on any atom is 0.124 e. The summed E-state index contributed by atoms with van der Waals surface area (Å²) >= 11 is 9.22. The second kappa shape index (κ2) is 7.07. The smallest absolute Gasteiger partial charge is 0.124 e. The molecule has 0 heterocycles. The molecule has 0 bridgehead atoms. The zero-order valence-electron chi connectivity index (χ0n) is 10.7. The van der Waals surface area contributed by atoms with Gasteiger partial charge in [0.1, 0.15) is 18.2 Å². The molecule has 2 aromatic carbocycles. The van der Waals surface area contributed by atoms with E-state index in [4.69, 9.17) is 22.1 Å². The van der Waals surface area contributed by atoms with Crippen LogP contribution in [0.4, 0.5) is 4.39 Å². The van der Waals surface area contributed by atoms with E-state index >= 15 is 0 Å². The van der Waals surface area contributed by atoms with E-state index in [0.29, 0.717) is 22.5 Å². The summed E-state index contributed by atoms with van der Waals surface area (Å²) in [6.07, 6.45) is 0.683. The van der Waals surface area contributed by atoms with Gasteiger partial charge in [0, 0.05) is 9.50 Å². The Bertz CT molecular complexity index is 586. The van der Waals surface area contributed by atoms with Gasteiger partial charge in [-0.15, -0.1) is 0 Å². The van der Waals surface area contributed by atoms with Crippen LogP contribution in [0, 0.1) is 5.82 Å². The Labute approximate surface area is 130 Å². The van der Waals surface area contributed by atoms with Gasteiger partial charge >= 0.3 is 0 Å². The molecule has 20 heavy (non-hydrogen) atoms. The first-order valence-electron chi connectivity index (χ1n) is 6.15. The number of hydrogen-bond donors (Lipinski definition) is 1. The van der Waals surface area contributed by atoms with Crippen LogP contribution >= 0.6 is 27.5 Å². The van der Waals surface area contributed by atoms with Crippen molar-refractivity contribution in [2.75, 3.05) is 6.54 Å². The molecule has 0 aliphatic carbocycles. The molecule has 106 valence electrons. The Morgan fingerprint density at radius 1 is 1.20 bits per heavy atom. The summed E-state index contributed by atoms with van der Waals surface area (Å²) in [6, 6.07) is 10.1. The summed E-state index contributed by atoms with van der Waals surface area (Å²) in [6.45, 7) is 0.803. The molecule has 0 saturated carbocycles. The molecular weight excluding hydrogens is 345 g/mol. The predicted octanol–water partition coefficient (Wildman–Crippen LogP) is 4.32. The van der Waals surface area contributed by atoms with Gasteiger partial charge < -0.3 is 10.5 Å². The highest BCUT2D eigenvalue weighted by molar-refractivity contribution is 9.10. The van der Waals surface area contributed by atoms with Gasteiger partial charge in [-0.2, -0.15) is 0 Å². The van der Waals surface area contributed by atoms with Gasteiger partial charge in [0.25, 0.3) is 0 Å². The molecule has 0 saturated heterocycles. The van der Waals surface area contributed by atoms with Crippen LogP contribution in [0.15, 0.2) is 40.9 Å². The maximum atomic E-state index is 13.3. The first-order chi connectivity index (χ1) is 9.58. The third-order valence-electron chi connectivity index (χ3n) is 2.75. The summed E-state index contributed by atoms with van der Waals surface area (Å²) in [5.74, 6) is 0.427. The minimum atomic E-state index is -0.295. The molecule has 5 heteroatoms. The average Bonchev–Trinajstić information content (AvgIpc) is 2.37. The average molecular weight is 359 g/mol. The van der Waals surface area contributed by atoms with Gasteiger partial charge in [-0.25, -0.2) is 4.39 Å². The minimum absolute atomic E-state index is 0.287. The van der Waals surface area contributed by atoms with Crippen LogP contribution in [0.25, 0.3) is 0 Å². The van der Waals surface area contributed by atoms with Crippen LogP contribution in [0.5, 0.6) is 5.75 Å². The van der Waals surface area contributed by atoms with Crippen LogP contribution in [-0.2, 0) is 13.0 Å². The van der Waals surface area contributed by atoms with E-state index in [1.165, 1.54) is 12.1 Å². The Morgan fingerprint density at radius 2 is 2.00 bits per heavy atom. The van der Waals surface area contributed by atoms with Crippen LogP contribution in [0.2, 0.25) is 5.02 Å². The lowest BCUT2D eigenvalue weighted by Crippen LogP contribution is -2.05. The van der Waals surface area contributed by atoms with Crippen molar-refractivity contribution in [3.8, 4) is 5.75 Å². The van der Waals surface area contributed by atoms with Crippen molar-refractivity contribution in [1.82, 2.24) is 0 Å². The molecular formula is C15H14BrClFNO. The Morgan fingerprint density at radius 3 is 2.70 bits per heavy atom. The van der Waals surface area contributed by atoms with Crippen molar-refractivity contribution < 1.29 is 9.13 Å². The molecule has 0 aromatic heterocycles. The summed E-state index contributed by atoms with van der Waals surface area (Å²) < 4.78 is 19.7. The monoisotopic (exact) mass is 357 g/mol. The Hall–Kier alpha value is -1.10. The van der Waals surface area contributed by atoms with Crippen LogP contribution in [-0.4, -0.2) is 6.54 Å². The van der Waals surface area contributed by atoms with Gasteiger partial charge in [0.05, 0.1) is 0 Å². The van der Waals surface area contributed by atoms with E-state index in [1.54, 1.807) is 6.07 Å². The van der Waals surface area contributed by atoms with E-state index in [0.717, 1.165) is 16.9 Å². The number of halogens is 3. The fourth-order valence-electron chi connectivity index (χ4n) is 1.90. The quantitative estimate of drug-likeness (QED) is 0.864. The van der Waals surface area contributed by atoms with Crippen molar-refractivity contribution in [2.45, 2.75) is 13.0 Å². The highest BCUT2D eigenvalue weighted by Crippen LogP contribution is 2.25. The summed E-state index contributed by atoms with van der Waals surface area (Å²) in [7, 11) is 0. The molecule has 2 nitrogen and oxygen atoms in total. The molecule has 0 aliphatic heterocycles. The van der Waals surface area contributed by atoms with Crippen molar-refractivity contribution in [2.24, 2.45) is 5.73 Å². The second-order valence-corrected chi connectivity index (χ2v) is 5.71. The SMILES string of the molecule is NCCc1cc(Cl)ccc1OCc1cc(F)cc(Br)c1. The lowest BCUT2D eigenvalue weighted by Gasteiger charge is -2.12. The maximum absolute atomic E-state index is 13.3. The molecule has 2 aromatic rings. The van der Waals surface area contributed by atoms with Crippen LogP contribution in [0.1, 0.15) is 11.1 Å². The van der Waals surface area contributed by atoms with Crippen molar-refractivity contribution in [1.29, 1.82) is 0 Å². The van der Waals surface area contributed by atoms with Gasteiger partial charge in [-0.3, -0.25) is 0 Å². The Balaban J connectivity index is 2.13. The predicted molar refractivity (Wildman–Crippen MR) is 82.6 cm³/mol. The minimum Gasteiger partial charge on any atom is -0.489 e. The van der Waals surface area contributed by atoms with Crippen molar-refractivity contribution in [3.05, 3.63) is 62.8 Å². The summed E-state index contributed by atoms with van der Waals surface area (Å²) in [5.41, 5.74) is 7.28. The standard InChI is InChI=1S/C15H14BrClFNO/c16-12-5-10(6-14(18)8-12)9-20-15-2-1-13(17)7-11(15)3-4-19/h1-2,5-8H,3-4,9,19H2. The molecule has 0 amide bonds. The first-order valence-corrected chi connectivity index (χ1v) is 7.32. The largest absolute Gasteiger partial charge is 0.489 e. The molecule has 0 radical (unpaired) electrons. The first kappa shape index (κ1) is 15.3. The molecule has 0 atom stereocenters. The molecule has 2 rings (SSSR count). The second-order valence-electron chi connectivity index (χ2n) is 4.36. The molecule has 0 fully saturated rings. The molecule has 2 N–H and O–H groups in total. The molecule has 0 aliphatic rings. The Kier molecular flexibility index (Phi) is 5.40. The zero-order chi connectivity index (χ0) is 14.5. The highest BCUT2D eigenvalue weighted by Gasteiger charge is 2.06. The van der Waals surface area contributed by atoms with E-state index in [-0.39, 0.29) is 12.4 Å². The van der Waals surface area contributed by atoms with Crippen molar-refractivity contribution in [3.63, 3.8) is 0 Å². The normalized spacial score (nSPS) is 10.6. The van der Waals surface area contributed by atoms with E-state index in [9.17, 15) is 4.39 Å². The molecule has 0 unspecified atom stereocenters. The third-order valence-corrected chi connectivity index (χ3v) is 3.45. The van der Waals surface area contributed by atoms with Gasteiger partial charge in [-0.1, -0.05) is 27.5 Å². The van der Waals surface area contributed by atoms with E-state index < -0.39 is 0 Å². The van der Waals surface area contributed by atoms with Crippen LogP contribution in [0.3, 0.4) is 0 Å². The van der Waals surface area contributed by atoms with Gasteiger partial charge in [0.2, 0.25) is 0 Å². The number of hydrogen-bond acceptors (Lipinski definition) is 2. The molecule has 0 spiro atoms.